The average Bonchev–Trinajstić information content (AvgIpc) is 3.88. The second-order valence-corrected chi connectivity index (χ2v) is 13.8. The van der Waals surface area contributed by atoms with E-state index in [1.54, 1.807) is 24.3 Å². The molecule has 300 valence electrons. The maximum Gasteiger partial charge on any atom is 0.677 e. The van der Waals surface area contributed by atoms with Crippen LogP contribution in [-0.2, 0) is 18.9 Å². The van der Waals surface area contributed by atoms with Crippen LogP contribution >= 0.6 is 0 Å². The van der Waals surface area contributed by atoms with Gasteiger partial charge in [0.25, 0.3) is 5.91 Å². The first-order chi connectivity index (χ1) is 26.2. The van der Waals surface area contributed by atoms with Crippen LogP contribution in [0.5, 0.6) is 0 Å². The van der Waals surface area contributed by atoms with E-state index in [9.17, 15) is 49.2 Å². The molecule has 1 saturated carbocycles. The summed E-state index contributed by atoms with van der Waals surface area (Å²) in [5.41, 5.74) is 19.8. The number of benzene rings is 1. The molecule has 2 aromatic rings. The molecule has 1 aliphatic carbocycles. The van der Waals surface area contributed by atoms with Crippen LogP contribution in [0, 0.1) is 0 Å². The van der Waals surface area contributed by atoms with E-state index in [0.29, 0.717) is 16.8 Å². The van der Waals surface area contributed by atoms with Gasteiger partial charge in [0.05, 0.1) is 18.3 Å². The van der Waals surface area contributed by atoms with Gasteiger partial charge < -0.3 is 81.7 Å². The van der Waals surface area contributed by atoms with Gasteiger partial charge in [-0.2, -0.15) is 0 Å². The molecule has 55 heavy (non-hydrogen) atoms. The van der Waals surface area contributed by atoms with Crippen molar-refractivity contribution in [2.45, 2.75) is 98.2 Å². The van der Waals surface area contributed by atoms with Crippen LogP contribution in [0.4, 0.5) is 8.63 Å². The highest BCUT2D eigenvalue weighted by atomic mass is 19.2. The number of aromatic nitrogens is 1. The third-order valence-corrected chi connectivity index (χ3v) is 10.2. The number of nitrogens with one attached hydrogen (secondary N) is 1. The Kier molecular flexibility index (Phi) is 13.0. The van der Waals surface area contributed by atoms with Crippen molar-refractivity contribution in [1.82, 2.24) is 9.79 Å². The molecular formula is C34H45BF2N6O12. The van der Waals surface area contributed by atoms with Crippen molar-refractivity contribution in [3.63, 3.8) is 0 Å². The molecular weight excluding hydrogens is 733 g/mol. The lowest BCUT2D eigenvalue weighted by Gasteiger charge is -2.48. The molecule has 2 saturated heterocycles. The SMILES string of the molecule is N[C@@H]1[C@@H](O)[C@@H](O[C@@H]2[C@@H](O)[C@H](O[C@H]3O[C@H](CNC(=O)c4cccc(/C(=C5\C=CC=N5)c5cccn5B(F)F)c4)[C@@H](O)[C@H](O)[C@H]3O)[C@@H](N)C[C@H]2N)O[C@H](CO)[C@H]1O. The molecule has 1 amide bonds. The predicted octanol–water partition coefficient (Wildman–Crippen LogP) is -3.85. The number of hydrogen-bond donors (Lipinski definition) is 11. The van der Waals surface area contributed by atoms with E-state index in [0.717, 1.165) is 4.48 Å². The fraction of sp³-hybridized carbons (Fsp3) is 0.529. The number of aliphatic imine (C=N–C) groups is 1. The van der Waals surface area contributed by atoms with Gasteiger partial charge in [-0.3, -0.25) is 18.4 Å². The topological polar surface area (TPSA) is 303 Å². The van der Waals surface area contributed by atoms with Gasteiger partial charge in [0.2, 0.25) is 0 Å². The number of carbonyl (C=O) groups is 1. The van der Waals surface area contributed by atoms with Crippen LogP contribution in [0.1, 0.15) is 28.0 Å². The minimum Gasteiger partial charge on any atom is -0.394 e. The van der Waals surface area contributed by atoms with Crippen LogP contribution in [0.15, 0.2) is 65.4 Å². The fourth-order valence-electron chi connectivity index (χ4n) is 7.14. The fourth-order valence-corrected chi connectivity index (χ4v) is 7.14. The Balaban J connectivity index is 1.14. The Morgan fingerprint density at radius 3 is 2.16 bits per heavy atom. The molecule has 6 rings (SSSR count). The van der Waals surface area contributed by atoms with Gasteiger partial charge in [-0.1, -0.05) is 12.1 Å². The molecule has 1 aromatic carbocycles. The Bertz CT molecular complexity index is 1740. The van der Waals surface area contributed by atoms with E-state index in [1.165, 1.54) is 36.7 Å². The van der Waals surface area contributed by atoms with Gasteiger partial charge in [0, 0.05) is 41.7 Å². The smallest absolute Gasteiger partial charge is 0.394 e. The summed E-state index contributed by atoms with van der Waals surface area (Å²) in [5, 5.41) is 76.5. The Morgan fingerprint density at radius 1 is 0.873 bits per heavy atom. The van der Waals surface area contributed by atoms with E-state index in [4.69, 9.17) is 36.1 Å². The number of ether oxygens (including phenoxy) is 4. The number of nitrogens with two attached hydrogens (primary N) is 3. The molecule has 3 aliphatic heterocycles. The standard InChI is InChI=1S/C34H45BF2N6O12/c36-35(37)43-9-3-7-19(43)22(18-6-2-8-41-18)14-4-1-5-15(10-14)32(51)42-12-20-25(46)27(48)28(49)34(52-20)55-31-17(39)11-16(38)30(29(31)50)54-33-26(47)23(40)24(45)21(13-44)53-33/h1-10,16-17,20-21,23-31,33-34,44-50H,11-13,38-40H2,(H,42,51)/b22-18-/t16-,17+,20-,21-,23+,24-,25-,26-,27+,28-,29-,30+,31-,33-,34-/m1/s1. The van der Waals surface area contributed by atoms with Crippen molar-refractivity contribution in [2.75, 3.05) is 13.2 Å². The summed E-state index contributed by atoms with van der Waals surface area (Å²) in [6.07, 6.45) is -12.5. The second kappa shape index (κ2) is 17.3. The van der Waals surface area contributed by atoms with Crippen LogP contribution in [0.25, 0.3) is 5.57 Å². The Morgan fingerprint density at radius 2 is 1.53 bits per heavy atom. The number of carbonyl (C=O) groups excluding carboxylic acids is 1. The normalized spacial score (nSPS) is 38.6. The maximum atomic E-state index is 13.9. The van der Waals surface area contributed by atoms with Gasteiger partial charge in [-0.25, -0.2) is 0 Å². The zero-order chi connectivity index (χ0) is 39.7. The van der Waals surface area contributed by atoms with E-state index in [-0.39, 0.29) is 17.7 Å². The minimum absolute atomic E-state index is 0.0190. The van der Waals surface area contributed by atoms with E-state index < -0.39 is 118 Å². The van der Waals surface area contributed by atoms with Crippen LogP contribution in [0.2, 0.25) is 0 Å². The van der Waals surface area contributed by atoms with Gasteiger partial charge in [0.15, 0.2) is 12.6 Å². The first-order valence-electron chi connectivity index (χ1n) is 17.6. The maximum absolute atomic E-state index is 13.9. The average molecular weight is 779 g/mol. The lowest BCUT2D eigenvalue weighted by atomic mass is 9.84. The van der Waals surface area contributed by atoms with Crippen LogP contribution in [0.3, 0.4) is 0 Å². The number of aliphatic hydroxyl groups excluding tert-OH is 7. The molecule has 15 atom stereocenters. The molecule has 4 aliphatic rings. The van der Waals surface area contributed by atoms with Gasteiger partial charge >= 0.3 is 7.40 Å². The predicted molar refractivity (Wildman–Crippen MR) is 189 cm³/mol. The van der Waals surface area contributed by atoms with Crippen molar-refractivity contribution in [3.05, 3.63) is 77.3 Å². The van der Waals surface area contributed by atoms with Crippen molar-refractivity contribution in [2.24, 2.45) is 22.2 Å². The quantitative estimate of drug-likeness (QED) is 0.0974. The molecule has 21 heteroatoms. The molecule has 0 bridgehead atoms. The summed E-state index contributed by atoms with van der Waals surface area (Å²) in [6, 6.07) is 5.96. The summed E-state index contributed by atoms with van der Waals surface area (Å²) >= 11 is 0. The molecule has 3 fully saturated rings. The highest BCUT2D eigenvalue weighted by molar-refractivity contribution is 6.41. The highest BCUT2D eigenvalue weighted by Gasteiger charge is 2.51. The second-order valence-electron chi connectivity index (χ2n) is 13.8. The first-order valence-corrected chi connectivity index (χ1v) is 17.6. The van der Waals surface area contributed by atoms with E-state index in [2.05, 4.69) is 10.3 Å². The minimum atomic E-state index is -2.84. The first kappa shape index (κ1) is 41.1. The summed E-state index contributed by atoms with van der Waals surface area (Å²) in [6.45, 7) is -1.06. The van der Waals surface area contributed by atoms with Gasteiger partial charge in [-0.15, -0.1) is 0 Å². The molecule has 0 radical (unpaired) electrons. The number of aliphatic hydroxyl groups is 7. The van der Waals surface area contributed by atoms with Gasteiger partial charge in [0.1, 0.15) is 61.0 Å². The summed E-state index contributed by atoms with van der Waals surface area (Å²) in [7, 11) is -2.84. The molecule has 4 heterocycles. The molecule has 18 nitrogen and oxygen atoms in total. The van der Waals surface area contributed by atoms with Crippen LogP contribution in [-0.4, -0.2) is 165 Å². The van der Waals surface area contributed by atoms with Crippen molar-refractivity contribution >= 4 is 25.1 Å². The van der Waals surface area contributed by atoms with Gasteiger partial charge in [-0.05, 0) is 54.6 Å². The third kappa shape index (κ3) is 8.45. The molecule has 0 unspecified atom stereocenters. The summed E-state index contributed by atoms with van der Waals surface area (Å²) in [4.78, 5) is 17.7. The molecule has 1 aromatic heterocycles. The van der Waals surface area contributed by atoms with E-state index >= 15 is 0 Å². The number of rotatable bonds is 11. The zero-order valence-corrected chi connectivity index (χ0v) is 29.2. The van der Waals surface area contributed by atoms with E-state index in [1.807, 2.05) is 0 Å². The van der Waals surface area contributed by atoms with Crippen molar-refractivity contribution in [3.8, 4) is 0 Å². The number of amides is 1. The molecule has 14 N–H and O–H groups in total. The number of halogens is 2. The zero-order valence-electron chi connectivity index (χ0n) is 29.2. The number of allylic oxidation sites excluding steroid dienone is 2. The number of nitrogens with zero attached hydrogens (tertiary/aromatic N) is 2. The monoisotopic (exact) mass is 778 g/mol. The molecule has 0 spiro atoms. The summed E-state index contributed by atoms with van der Waals surface area (Å²) in [5.74, 6) is -0.656. The Labute approximate surface area is 313 Å². The number of hydrogen-bond acceptors (Lipinski definition) is 16. The van der Waals surface area contributed by atoms with Crippen molar-refractivity contribution in [1.29, 1.82) is 0 Å². The highest BCUT2D eigenvalue weighted by Crippen LogP contribution is 2.33. The summed E-state index contributed by atoms with van der Waals surface area (Å²) < 4.78 is 51.4. The Hall–Kier alpha value is -3.52. The lowest BCUT2D eigenvalue weighted by molar-refractivity contribution is -0.332. The van der Waals surface area contributed by atoms with Crippen LogP contribution < -0.4 is 22.5 Å². The third-order valence-electron chi connectivity index (χ3n) is 10.2. The lowest BCUT2D eigenvalue weighted by Crippen LogP contribution is -2.68. The largest absolute Gasteiger partial charge is 0.677 e. The van der Waals surface area contributed by atoms with Crippen molar-refractivity contribution < 1.29 is 68.1 Å².